The SMILES string of the molecule is CCOC(Cc1ccc(OCCN(CCC(C)(C)C)C(=O)OCc2ccc(F)cc2)cc1)C(=O)O. The van der Waals surface area contributed by atoms with E-state index >= 15 is 0 Å². The molecule has 0 aliphatic carbocycles. The molecule has 1 N–H and O–H groups in total. The highest BCUT2D eigenvalue weighted by Gasteiger charge is 2.20. The van der Waals surface area contributed by atoms with Gasteiger partial charge in [0.1, 0.15) is 24.8 Å². The number of ether oxygens (including phenoxy) is 3. The van der Waals surface area contributed by atoms with Gasteiger partial charge in [0.2, 0.25) is 0 Å². The molecule has 0 saturated carbocycles. The van der Waals surface area contributed by atoms with Crippen LogP contribution < -0.4 is 4.74 Å². The summed E-state index contributed by atoms with van der Waals surface area (Å²) in [6.07, 6.45) is -0.279. The van der Waals surface area contributed by atoms with Gasteiger partial charge in [-0.2, -0.15) is 0 Å². The number of benzene rings is 2. The van der Waals surface area contributed by atoms with Crippen LogP contribution in [0.25, 0.3) is 0 Å². The molecular weight excluding hydrogens is 453 g/mol. The Hall–Kier alpha value is -3.13. The van der Waals surface area contributed by atoms with Gasteiger partial charge in [0.15, 0.2) is 6.10 Å². The van der Waals surface area contributed by atoms with Crippen LogP contribution in [0.5, 0.6) is 5.75 Å². The third-order valence-electron chi connectivity index (χ3n) is 5.28. The van der Waals surface area contributed by atoms with Crippen LogP contribution in [0.1, 0.15) is 45.2 Å². The van der Waals surface area contributed by atoms with Gasteiger partial charge in [0.25, 0.3) is 0 Å². The lowest BCUT2D eigenvalue weighted by Crippen LogP contribution is -2.37. The second-order valence-electron chi connectivity index (χ2n) is 9.46. The quantitative estimate of drug-likeness (QED) is 0.410. The monoisotopic (exact) mass is 489 g/mol. The Bertz CT molecular complexity index is 924. The Kier molecular flexibility index (Phi) is 11.0. The Balaban J connectivity index is 1.90. The highest BCUT2D eigenvalue weighted by molar-refractivity contribution is 5.72. The van der Waals surface area contributed by atoms with E-state index in [0.717, 1.165) is 12.0 Å². The first-order valence-corrected chi connectivity index (χ1v) is 11.8. The fourth-order valence-electron chi connectivity index (χ4n) is 3.21. The maximum atomic E-state index is 13.1. The van der Waals surface area contributed by atoms with Gasteiger partial charge in [0, 0.05) is 19.6 Å². The minimum Gasteiger partial charge on any atom is -0.492 e. The zero-order valence-electron chi connectivity index (χ0n) is 21.0. The van der Waals surface area contributed by atoms with E-state index in [-0.39, 0.29) is 30.9 Å². The highest BCUT2D eigenvalue weighted by Crippen LogP contribution is 2.20. The topological polar surface area (TPSA) is 85.3 Å². The van der Waals surface area contributed by atoms with Crippen molar-refractivity contribution in [3.05, 3.63) is 65.5 Å². The molecule has 1 unspecified atom stereocenters. The number of hydrogen-bond donors (Lipinski definition) is 1. The number of carbonyl (C=O) groups is 2. The zero-order valence-corrected chi connectivity index (χ0v) is 21.0. The summed E-state index contributed by atoms with van der Waals surface area (Å²) in [6, 6.07) is 13.0. The van der Waals surface area contributed by atoms with Crippen LogP contribution in [-0.4, -0.2) is 54.5 Å². The van der Waals surface area contributed by atoms with Crippen LogP contribution in [-0.2, 0) is 27.3 Å². The lowest BCUT2D eigenvalue weighted by Gasteiger charge is -2.26. The minimum absolute atomic E-state index is 0.0431. The van der Waals surface area contributed by atoms with E-state index in [9.17, 15) is 19.1 Å². The summed E-state index contributed by atoms with van der Waals surface area (Å²) in [5, 5.41) is 9.23. The van der Waals surface area contributed by atoms with Crippen LogP contribution in [0.3, 0.4) is 0 Å². The normalized spacial score (nSPS) is 12.1. The van der Waals surface area contributed by atoms with Gasteiger partial charge in [-0.3, -0.25) is 0 Å². The van der Waals surface area contributed by atoms with Crippen LogP contribution >= 0.6 is 0 Å². The summed E-state index contributed by atoms with van der Waals surface area (Å²) < 4.78 is 29.6. The highest BCUT2D eigenvalue weighted by atomic mass is 19.1. The molecule has 7 nitrogen and oxygen atoms in total. The number of carboxylic acids is 1. The van der Waals surface area contributed by atoms with Crippen molar-refractivity contribution in [2.45, 2.75) is 53.2 Å². The van der Waals surface area contributed by atoms with Crippen molar-refractivity contribution >= 4 is 12.1 Å². The minimum atomic E-state index is -0.992. The molecule has 192 valence electrons. The van der Waals surface area contributed by atoms with Crippen molar-refractivity contribution in [1.82, 2.24) is 4.90 Å². The average Bonchev–Trinajstić information content (AvgIpc) is 2.80. The fraction of sp³-hybridized carbons (Fsp3) is 0.481. The van der Waals surface area contributed by atoms with E-state index in [1.807, 2.05) is 0 Å². The molecule has 1 atom stereocenters. The van der Waals surface area contributed by atoms with Crippen LogP contribution in [0.2, 0.25) is 0 Å². The Morgan fingerprint density at radius 2 is 1.63 bits per heavy atom. The van der Waals surface area contributed by atoms with Gasteiger partial charge in [-0.1, -0.05) is 45.0 Å². The molecule has 2 aromatic rings. The Labute approximate surface area is 206 Å². The third-order valence-corrected chi connectivity index (χ3v) is 5.28. The van der Waals surface area contributed by atoms with E-state index in [2.05, 4.69) is 20.8 Å². The molecule has 8 heteroatoms. The van der Waals surface area contributed by atoms with E-state index in [0.29, 0.717) is 31.0 Å². The number of rotatable bonds is 13. The Morgan fingerprint density at radius 1 is 1.00 bits per heavy atom. The number of carboxylic acid groups (broad SMARTS) is 1. The summed E-state index contributed by atoms with van der Waals surface area (Å²) >= 11 is 0. The molecule has 2 aromatic carbocycles. The predicted molar refractivity (Wildman–Crippen MR) is 131 cm³/mol. The number of carbonyl (C=O) groups excluding carboxylic acids is 1. The number of nitrogens with zero attached hydrogens (tertiary/aromatic N) is 1. The standard InChI is InChI=1S/C27H36FNO6/c1-5-33-24(25(30)31)18-20-8-12-23(13-9-20)34-17-16-29(15-14-27(2,3)4)26(32)35-19-21-6-10-22(28)11-7-21/h6-13,24H,5,14-19H2,1-4H3,(H,30,31). The number of amides is 1. The summed E-state index contributed by atoms with van der Waals surface area (Å²) in [7, 11) is 0. The largest absolute Gasteiger partial charge is 0.492 e. The number of halogens is 1. The van der Waals surface area contributed by atoms with Crippen LogP contribution in [0.4, 0.5) is 9.18 Å². The van der Waals surface area contributed by atoms with Crippen molar-refractivity contribution in [2.24, 2.45) is 5.41 Å². The Morgan fingerprint density at radius 3 is 2.20 bits per heavy atom. The van der Waals surface area contributed by atoms with Crippen molar-refractivity contribution in [2.75, 3.05) is 26.3 Å². The average molecular weight is 490 g/mol. The first-order chi connectivity index (χ1) is 16.6. The van der Waals surface area contributed by atoms with Gasteiger partial charge in [0.05, 0.1) is 6.54 Å². The van der Waals surface area contributed by atoms with Gasteiger partial charge >= 0.3 is 12.1 Å². The zero-order chi connectivity index (χ0) is 25.8. The summed E-state index contributed by atoms with van der Waals surface area (Å²) in [5.41, 5.74) is 1.58. The fourth-order valence-corrected chi connectivity index (χ4v) is 3.21. The molecule has 0 fully saturated rings. The predicted octanol–water partition coefficient (Wildman–Crippen LogP) is 5.31. The van der Waals surface area contributed by atoms with Crippen molar-refractivity contribution in [3.8, 4) is 5.75 Å². The molecule has 0 radical (unpaired) electrons. The lowest BCUT2D eigenvalue weighted by atomic mass is 9.92. The second kappa shape index (κ2) is 13.7. The van der Waals surface area contributed by atoms with Crippen molar-refractivity contribution in [3.63, 3.8) is 0 Å². The molecular formula is C27H36FNO6. The molecule has 0 heterocycles. The molecule has 0 aliphatic heterocycles. The maximum Gasteiger partial charge on any atom is 0.410 e. The van der Waals surface area contributed by atoms with E-state index in [1.54, 1.807) is 48.2 Å². The van der Waals surface area contributed by atoms with E-state index < -0.39 is 18.2 Å². The first kappa shape index (κ1) is 28.1. The molecule has 1 amide bonds. The summed E-state index contributed by atoms with van der Waals surface area (Å²) in [6.45, 7) is 9.59. The first-order valence-electron chi connectivity index (χ1n) is 11.8. The van der Waals surface area contributed by atoms with Crippen molar-refractivity contribution < 1.29 is 33.3 Å². The van der Waals surface area contributed by atoms with Crippen LogP contribution in [0, 0.1) is 11.2 Å². The van der Waals surface area contributed by atoms with E-state index in [1.165, 1.54) is 12.1 Å². The molecule has 0 bridgehead atoms. The van der Waals surface area contributed by atoms with Crippen LogP contribution in [0.15, 0.2) is 48.5 Å². The molecule has 0 saturated heterocycles. The van der Waals surface area contributed by atoms with Gasteiger partial charge < -0.3 is 24.2 Å². The van der Waals surface area contributed by atoms with E-state index in [4.69, 9.17) is 14.2 Å². The maximum absolute atomic E-state index is 13.1. The van der Waals surface area contributed by atoms with Gasteiger partial charge in [-0.25, -0.2) is 14.0 Å². The lowest BCUT2D eigenvalue weighted by molar-refractivity contribution is -0.149. The second-order valence-corrected chi connectivity index (χ2v) is 9.46. The molecule has 0 aliphatic rings. The summed E-state index contributed by atoms with van der Waals surface area (Å²) in [5.74, 6) is -0.714. The van der Waals surface area contributed by atoms with Gasteiger partial charge in [-0.15, -0.1) is 0 Å². The summed E-state index contributed by atoms with van der Waals surface area (Å²) in [4.78, 5) is 25.6. The van der Waals surface area contributed by atoms with Crippen molar-refractivity contribution in [1.29, 1.82) is 0 Å². The number of hydrogen-bond acceptors (Lipinski definition) is 5. The molecule has 0 aromatic heterocycles. The molecule has 0 spiro atoms. The molecule has 2 rings (SSSR count). The smallest absolute Gasteiger partial charge is 0.410 e. The number of aliphatic carboxylic acids is 1. The van der Waals surface area contributed by atoms with Gasteiger partial charge in [-0.05, 0) is 54.2 Å². The molecule has 35 heavy (non-hydrogen) atoms. The third kappa shape index (κ3) is 10.8.